The minimum Gasteiger partial charge on any atom is -0.381 e. The van der Waals surface area contributed by atoms with Gasteiger partial charge in [-0.1, -0.05) is 11.3 Å². The zero-order chi connectivity index (χ0) is 14.7. The first-order chi connectivity index (χ1) is 10.2. The quantitative estimate of drug-likeness (QED) is 0.921. The lowest BCUT2D eigenvalue weighted by atomic mass is 9.73. The number of nitrogens with one attached hydrogen (secondary N) is 1. The van der Waals surface area contributed by atoms with E-state index in [9.17, 15) is 4.79 Å². The summed E-state index contributed by atoms with van der Waals surface area (Å²) in [6, 6.07) is -0.131. The van der Waals surface area contributed by atoms with E-state index in [1.165, 1.54) is 17.8 Å². The molecule has 116 valence electrons. The molecule has 2 saturated heterocycles. The molecule has 0 saturated carbocycles. The van der Waals surface area contributed by atoms with Crippen LogP contribution in [0, 0.1) is 5.41 Å². The van der Waals surface area contributed by atoms with Gasteiger partial charge in [-0.05, 0) is 44.6 Å². The number of hydrogen-bond acceptors (Lipinski definition) is 6. The number of amides is 1. The molecule has 1 atom stereocenters. The minimum atomic E-state index is -0.131. The Hall–Kier alpha value is -1.05. The van der Waals surface area contributed by atoms with E-state index in [0.29, 0.717) is 10.5 Å². The Kier molecular flexibility index (Phi) is 4.51. The lowest BCUT2D eigenvalue weighted by Gasteiger charge is -2.46. The summed E-state index contributed by atoms with van der Waals surface area (Å²) in [6.07, 6.45) is 4.66. The van der Waals surface area contributed by atoms with Gasteiger partial charge in [0.25, 0.3) is 0 Å². The first-order valence-electron chi connectivity index (χ1n) is 7.57. The monoisotopic (exact) mass is 310 g/mol. The fourth-order valence-electron chi connectivity index (χ4n) is 3.39. The molecule has 2 aliphatic heterocycles. The third-order valence-electron chi connectivity index (χ3n) is 4.76. The van der Waals surface area contributed by atoms with E-state index < -0.39 is 0 Å². The highest BCUT2D eigenvalue weighted by atomic mass is 32.1. The van der Waals surface area contributed by atoms with Crippen molar-refractivity contribution in [1.29, 1.82) is 0 Å². The molecule has 1 spiro atoms. The summed E-state index contributed by atoms with van der Waals surface area (Å²) in [7, 11) is 0. The molecule has 3 heterocycles. The summed E-state index contributed by atoms with van der Waals surface area (Å²) in [5, 5.41) is 11.0. The van der Waals surface area contributed by atoms with Crippen molar-refractivity contribution in [3.05, 3.63) is 5.51 Å². The van der Waals surface area contributed by atoms with E-state index in [4.69, 9.17) is 4.74 Å². The van der Waals surface area contributed by atoms with Crippen molar-refractivity contribution in [2.75, 3.05) is 31.6 Å². The summed E-state index contributed by atoms with van der Waals surface area (Å²) in [6.45, 7) is 5.70. The minimum absolute atomic E-state index is 0.0101. The SMILES string of the molecule is CC(C(=O)Nc1nncs1)N1CCCC2(CCOCC2)C1. The molecule has 7 heteroatoms. The van der Waals surface area contributed by atoms with Crippen molar-refractivity contribution in [1.82, 2.24) is 15.1 Å². The predicted molar refractivity (Wildman–Crippen MR) is 81.3 cm³/mol. The van der Waals surface area contributed by atoms with Gasteiger partial charge in [0.05, 0.1) is 6.04 Å². The van der Waals surface area contributed by atoms with Gasteiger partial charge in [0.2, 0.25) is 11.0 Å². The van der Waals surface area contributed by atoms with Crippen LogP contribution in [0.2, 0.25) is 0 Å². The number of nitrogens with zero attached hydrogens (tertiary/aromatic N) is 3. The molecule has 1 amide bonds. The van der Waals surface area contributed by atoms with Crippen molar-refractivity contribution >= 4 is 22.4 Å². The van der Waals surface area contributed by atoms with Crippen LogP contribution in [0.1, 0.15) is 32.6 Å². The van der Waals surface area contributed by atoms with Crippen LogP contribution in [0.4, 0.5) is 5.13 Å². The topological polar surface area (TPSA) is 67.4 Å². The average Bonchev–Trinajstić information content (AvgIpc) is 3.00. The average molecular weight is 310 g/mol. The Labute approximate surface area is 128 Å². The van der Waals surface area contributed by atoms with Gasteiger partial charge in [-0.25, -0.2) is 0 Å². The smallest absolute Gasteiger partial charge is 0.243 e. The molecule has 2 fully saturated rings. The number of hydrogen-bond donors (Lipinski definition) is 1. The van der Waals surface area contributed by atoms with Crippen LogP contribution in [0.15, 0.2) is 5.51 Å². The Morgan fingerprint density at radius 1 is 1.48 bits per heavy atom. The lowest BCUT2D eigenvalue weighted by Crippen LogP contribution is -2.52. The standard InChI is InChI=1S/C14H22N4O2S/c1-11(12(19)16-13-17-15-10-21-13)18-6-2-3-14(9-18)4-7-20-8-5-14/h10-11H,2-9H2,1H3,(H,16,17,19). The van der Waals surface area contributed by atoms with Crippen molar-refractivity contribution in [3.8, 4) is 0 Å². The number of aromatic nitrogens is 2. The molecular weight excluding hydrogens is 288 g/mol. The van der Waals surface area contributed by atoms with E-state index in [1.807, 2.05) is 6.92 Å². The molecule has 1 aromatic rings. The number of carbonyl (C=O) groups is 1. The van der Waals surface area contributed by atoms with Gasteiger partial charge in [-0.2, -0.15) is 0 Å². The number of rotatable bonds is 3. The zero-order valence-corrected chi connectivity index (χ0v) is 13.2. The van der Waals surface area contributed by atoms with Crippen LogP contribution >= 0.6 is 11.3 Å². The second-order valence-corrected chi connectivity index (χ2v) is 6.93. The molecule has 0 aromatic carbocycles. The van der Waals surface area contributed by atoms with E-state index in [1.54, 1.807) is 5.51 Å². The fraction of sp³-hybridized carbons (Fsp3) is 0.786. The van der Waals surface area contributed by atoms with Crippen LogP contribution in [0.3, 0.4) is 0 Å². The maximum Gasteiger partial charge on any atom is 0.243 e. The van der Waals surface area contributed by atoms with Crippen LogP contribution in [0.5, 0.6) is 0 Å². The highest BCUT2D eigenvalue weighted by Gasteiger charge is 2.39. The molecule has 0 aliphatic carbocycles. The van der Waals surface area contributed by atoms with Crippen LogP contribution < -0.4 is 5.32 Å². The van der Waals surface area contributed by atoms with E-state index in [2.05, 4.69) is 20.4 Å². The maximum atomic E-state index is 12.3. The second kappa shape index (κ2) is 6.37. The lowest BCUT2D eigenvalue weighted by molar-refractivity contribution is -0.123. The first kappa shape index (κ1) is 14.9. The molecule has 3 rings (SSSR count). The predicted octanol–water partition coefficient (Wildman–Crippen LogP) is 1.76. The second-order valence-electron chi connectivity index (χ2n) is 6.10. The molecule has 6 nitrogen and oxygen atoms in total. The van der Waals surface area contributed by atoms with Crippen molar-refractivity contribution < 1.29 is 9.53 Å². The number of ether oxygens (including phenoxy) is 1. The Bertz CT molecular complexity index is 468. The van der Waals surface area contributed by atoms with E-state index in [-0.39, 0.29) is 11.9 Å². The number of likely N-dealkylation sites (tertiary alicyclic amines) is 1. The van der Waals surface area contributed by atoms with Crippen LogP contribution in [-0.2, 0) is 9.53 Å². The van der Waals surface area contributed by atoms with E-state index in [0.717, 1.165) is 45.6 Å². The molecule has 0 radical (unpaired) electrons. The summed E-state index contributed by atoms with van der Waals surface area (Å²) >= 11 is 1.35. The van der Waals surface area contributed by atoms with Crippen LogP contribution in [-0.4, -0.2) is 53.3 Å². The largest absolute Gasteiger partial charge is 0.381 e. The first-order valence-corrected chi connectivity index (χ1v) is 8.45. The molecule has 1 aromatic heterocycles. The van der Waals surface area contributed by atoms with Gasteiger partial charge in [0.15, 0.2) is 0 Å². The normalized spacial score (nSPS) is 23.9. The third kappa shape index (κ3) is 3.41. The Balaban J connectivity index is 1.61. The maximum absolute atomic E-state index is 12.3. The van der Waals surface area contributed by atoms with Gasteiger partial charge in [-0.3, -0.25) is 15.0 Å². The van der Waals surface area contributed by atoms with E-state index >= 15 is 0 Å². The highest BCUT2D eigenvalue weighted by molar-refractivity contribution is 7.13. The highest BCUT2D eigenvalue weighted by Crippen LogP contribution is 2.39. The number of anilines is 1. The van der Waals surface area contributed by atoms with Gasteiger partial charge >= 0.3 is 0 Å². The molecule has 1 unspecified atom stereocenters. The van der Waals surface area contributed by atoms with Crippen molar-refractivity contribution in [3.63, 3.8) is 0 Å². The molecule has 21 heavy (non-hydrogen) atoms. The summed E-state index contributed by atoms with van der Waals surface area (Å²) < 4.78 is 5.50. The van der Waals surface area contributed by atoms with Gasteiger partial charge in [-0.15, -0.1) is 10.2 Å². The molecule has 2 aliphatic rings. The van der Waals surface area contributed by atoms with Crippen molar-refractivity contribution in [2.24, 2.45) is 5.41 Å². The van der Waals surface area contributed by atoms with Gasteiger partial charge in [0.1, 0.15) is 5.51 Å². The number of carbonyl (C=O) groups excluding carboxylic acids is 1. The third-order valence-corrected chi connectivity index (χ3v) is 5.37. The zero-order valence-electron chi connectivity index (χ0n) is 12.4. The van der Waals surface area contributed by atoms with Gasteiger partial charge < -0.3 is 4.74 Å². The fourth-order valence-corrected chi connectivity index (χ4v) is 3.84. The summed E-state index contributed by atoms with van der Waals surface area (Å²) in [5.41, 5.74) is 1.98. The van der Waals surface area contributed by atoms with Crippen molar-refractivity contribution in [2.45, 2.75) is 38.6 Å². The van der Waals surface area contributed by atoms with Gasteiger partial charge in [0, 0.05) is 19.8 Å². The summed E-state index contributed by atoms with van der Waals surface area (Å²) in [5.74, 6) is 0.0101. The molecule has 1 N–H and O–H groups in total. The van der Waals surface area contributed by atoms with Crippen LogP contribution in [0.25, 0.3) is 0 Å². The Morgan fingerprint density at radius 3 is 3.00 bits per heavy atom. The molecular formula is C14H22N4O2S. The molecule has 0 bridgehead atoms. The number of piperidine rings is 1. The summed E-state index contributed by atoms with van der Waals surface area (Å²) in [4.78, 5) is 14.7. The Morgan fingerprint density at radius 2 is 2.29 bits per heavy atom.